The normalized spacial score (nSPS) is 14.7. The molecule has 5 heteroatoms. The second-order valence-corrected chi connectivity index (χ2v) is 7.94. The first-order chi connectivity index (χ1) is 13.5. The van der Waals surface area contributed by atoms with Gasteiger partial charge in [-0.1, -0.05) is 41.4 Å². The number of aryl methyl sites for hydroxylation is 1. The van der Waals surface area contributed by atoms with E-state index in [1.54, 1.807) is 19.2 Å². The van der Waals surface area contributed by atoms with Gasteiger partial charge >= 0.3 is 0 Å². The molecule has 1 aromatic heterocycles. The third-order valence-electron chi connectivity index (χ3n) is 5.23. The number of ether oxygens (including phenoxy) is 2. The van der Waals surface area contributed by atoms with E-state index in [0.29, 0.717) is 16.7 Å². The topological polar surface area (TPSA) is 31.4 Å². The number of hydrogen-bond acceptors (Lipinski definition) is 3. The fourth-order valence-electron chi connectivity index (χ4n) is 3.60. The van der Waals surface area contributed by atoms with Gasteiger partial charge in [0.15, 0.2) is 0 Å². The smallest absolute Gasteiger partial charge is 0.129 e. The van der Waals surface area contributed by atoms with Gasteiger partial charge in [0.05, 0.1) is 19.3 Å². The van der Waals surface area contributed by atoms with E-state index in [-0.39, 0.29) is 5.60 Å². The van der Waals surface area contributed by atoms with E-state index in [1.807, 2.05) is 43.6 Å². The van der Waals surface area contributed by atoms with Gasteiger partial charge in [0.2, 0.25) is 0 Å². The Bertz CT molecular complexity index is 1020. The number of para-hydroxylation sites is 1. The highest BCUT2D eigenvalue weighted by atomic mass is 35.5. The quantitative estimate of drug-likeness (QED) is 0.457. The lowest BCUT2D eigenvalue weighted by molar-refractivity contribution is 0.0174. The maximum absolute atomic E-state index is 6.39. The number of pyridine rings is 1. The van der Waals surface area contributed by atoms with Crippen molar-refractivity contribution in [3.63, 3.8) is 0 Å². The van der Waals surface area contributed by atoms with E-state index in [1.165, 1.54) is 0 Å². The van der Waals surface area contributed by atoms with Crippen LogP contribution in [0.5, 0.6) is 5.75 Å². The highest BCUT2D eigenvalue weighted by Gasteiger charge is 2.47. The maximum Gasteiger partial charge on any atom is 0.129 e. The monoisotopic (exact) mass is 413 g/mol. The molecular weight excluding hydrogens is 393 g/mol. The SMILES string of the molecule is COc1c(C)cccc1-c1ccncc1C1(OCc2cc(Cl)ccc2Cl)CC1. The molecule has 144 valence electrons. The number of halogens is 2. The molecule has 1 aliphatic carbocycles. The molecular formula is C23H21Cl2NO2. The van der Waals surface area contributed by atoms with Crippen LogP contribution in [-0.2, 0) is 16.9 Å². The van der Waals surface area contributed by atoms with E-state index < -0.39 is 0 Å². The third kappa shape index (κ3) is 3.62. The van der Waals surface area contributed by atoms with Crippen molar-refractivity contribution in [1.29, 1.82) is 0 Å². The molecule has 1 aliphatic rings. The molecule has 0 atom stereocenters. The Balaban J connectivity index is 1.69. The van der Waals surface area contributed by atoms with Crippen LogP contribution < -0.4 is 4.74 Å². The van der Waals surface area contributed by atoms with Gasteiger partial charge in [0.25, 0.3) is 0 Å². The summed E-state index contributed by atoms with van der Waals surface area (Å²) in [5, 5.41) is 1.31. The molecule has 3 nitrogen and oxygen atoms in total. The lowest BCUT2D eigenvalue weighted by Crippen LogP contribution is -2.14. The van der Waals surface area contributed by atoms with E-state index in [0.717, 1.165) is 46.4 Å². The molecule has 1 heterocycles. The number of hydrogen-bond donors (Lipinski definition) is 0. The van der Waals surface area contributed by atoms with Crippen molar-refractivity contribution in [2.24, 2.45) is 0 Å². The van der Waals surface area contributed by atoms with E-state index in [9.17, 15) is 0 Å². The van der Waals surface area contributed by atoms with E-state index >= 15 is 0 Å². The molecule has 0 N–H and O–H groups in total. The van der Waals surface area contributed by atoms with Crippen LogP contribution in [0.25, 0.3) is 11.1 Å². The Labute approximate surface area is 175 Å². The summed E-state index contributed by atoms with van der Waals surface area (Å²) in [5.41, 5.74) is 4.85. The highest BCUT2D eigenvalue weighted by Crippen LogP contribution is 2.53. The molecule has 1 fully saturated rings. The predicted molar refractivity (Wildman–Crippen MR) is 113 cm³/mol. The van der Waals surface area contributed by atoms with Gasteiger partial charge in [0.1, 0.15) is 5.75 Å². The Kier molecular flexibility index (Phi) is 5.33. The van der Waals surface area contributed by atoms with Gasteiger partial charge in [-0.15, -0.1) is 0 Å². The zero-order valence-corrected chi connectivity index (χ0v) is 17.3. The first-order valence-corrected chi connectivity index (χ1v) is 9.96. The van der Waals surface area contributed by atoms with Crippen molar-refractivity contribution in [1.82, 2.24) is 4.98 Å². The number of nitrogens with zero attached hydrogens (tertiary/aromatic N) is 1. The van der Waals surface area contributed by atoms with Crippen LogP contribution in [0.15, 0.2) is 54.9 Å². The molecule has 3 aromatic rings. The molecule has 28 heavy (non-hydrogen) atoms. The minimum absolute atomic E-state index is 0.357. The minimum Gasteiger partial charge on any atom is -0.496 e. The molecule has 4 rings (SSSR count). The number of methoxy groups -OCH3 is 1. The Morgan fingerprint density at radius 3 is 2.64 bits per heavy atom. The third-order valence-corrected chi connectivity index (χ3v) is 5.84. The van der Waals surface area contributed by atoms with Crippen molar-refractivity contribution in [3.8, 4) is 16.9 Å². The fourth-order valence-corrected chi connectivity index (χ4v) is 3.97. The molecule has 0 amide bonds. The van der Waals surface area contributed by atoms with Crippen molar-refractivity contribution in [2.45, 2.75) is 32.0 Å². The van der Waals surface area contributed by atoms with E-state index in [4.69, 9.17) is 32.7 Å². The van der Waals surface area contributed by atoms with Gasteiger partial charge < -0.3 is 9.47 Å². The number of rotatable bonds is 6. The lowest BCUT2D eigenvalue weighted by atomic mass is 9.95. The first-order valence-electron chi connectivity index (χ1n) is 9.20. The van der Waals surface area contributed by atoms with Crippen molar-refractivity contribution < 1.29 is 9.47 Å². The summed E-state index contributed by atoms with van der Waals surface area (Å²) in [6.07, 6.45) is 5.60. The minimum atomic E-state index is -0.357. The summed E-state index contributed by atoms with van der Waals surface area (Å²) in [7, 11) is 1.71. The maximum atomic E-state index is 6.39. The fraction of sp³-hybridized carbons (Fsp3) is 0.261. The van der Waals surface area contributed by atoms with Gasteiger partial charge in [-0.3, -0.25) is 4.98 Å². The summed E-state index contributed by atoms with van der Waals surface area (Å²) >= 11 is 12.4. The van der Waals surface area contributed by atoms with Crippen molar-refractivity contribution in [3.05, 3.63) is 81.6 Å². The largest absolute Gasteiger partial charge is 0.496 e. The summed E-state index contributed by atoms with van der Waals surface area (Å²) in [6, 6.07) is 13.6. The Morgan fingerprint density at radius 1 is 1.07 bits per heavy atom. The second kappa shape index (κ2) is 7.75. The van der Waals surface area contributed by atoms with Gasteiger partial charge in [0, 0.05) is 33.6 Å². The van der Waals surface area contributed by atoms with E-state index in [2.05, 4.69) is 11.1 Å². The summed E-state index contributed by atoms with van der Waals surface area (Å²) in [6.45, 7) is 2.45. The van der Waals surface area contributed by atoms with Crippen molar-refractivity contribution in [2.75, 3.05) is 7.11 Å². The molecule has 0 spiro atoms. The summed E-state index contributed by atoms with van der Waals surface area (Å²) < 4.78 is 12.1. The van der Waals surface area contributed by atoms with Crippen LogP contribution >= 0.6 is 23.2 Å². The summed E-state index contributed by atoms with van der Waals surface area (Å²) in [4.78, 5) is 4.37. The van der Waals surface area contributed by atoms with Gasteiger partial charge in [-0.2, -0.15) is 0 Å². The highest BCUT2D eigenvalue weighted by molar-refractivity contribution is 6.33. The average molecular weight is 414 g/mol. The first kappa shape index (κ1) is 19.3. The molecule has 0 saturated heterocycles. The molecule has 0 aliphatic heterocycles. The predicted octanol–water partition coefficient (Wildman–Crippen LogP) is 6.58. The van der Waals surface area contributed by atoms with Crippen LogP contribution in [0.1, 0.15) is 29.5 Å². The lowest BCUT2D eigenvalue weighted by Gasteiger charge is -2.22. The van der Waals surface area contributed by atoms with Crippen LogP contribution in [0.4, 0.5) is 0 Å². The van der Waals surface area contributed by atoms with Crippen LogP contribution in [0.3, 0.4) is 0 Å². The number of aromatic nitrogens is 1. The number of benzene rings is 2. The molecule has 1 saturated carbocycles. The van der Waals surface area contributed by atoms with Crippen LogP contribution in [0.2, 0.25) is 10.0 Å². The second-order valence-electron chi connectivity index (χ2n) is 7.10. The zero-order valence-electron chi connectivity index (χ0n) is 15.8. The molecule has 2 aromatic carbocycles. The molecule has 0 bridgehead atoms. The zero-order chi connectivity index (χ0) is 19.7. The average Bonchev–Trinajstić information content (AvgIpc) is 3.49. The standard InChI is InChI=1S/C23H21Cl2NO2/c1-15-4-3-5-19(22(15)27-2)18-8-11-26-13-20(18)23(9-10-23)28-14-16-12-17(24)6-7-21(16)25/h3-8,11-13H,9-10,14H2,1-2H3. The van der Waals surface area contributed by atoms with Gasteiger partial charge in [-0.05, 0) is 60.7 Å². The van der Waals surface area contributed by atoms with Crippen LogP contribution in [0, 0.1) is 6.92 Å². The Morgan fingerprint density at radius 2 is 1.89 bits per heavy atom. The van der Waals surface area contributed by atoms with Gasteiger partial charge in [-0.25, -0.2) is 0 Å². The molecule has 0 radical (unpaired) electrons. The Hall–Kier alpha value is -2.07. The van der Waals surface area contributed by atoms with Crippen molar-refractivity contribution >= 4 is 23.2 Å². The van der Waals surface area contributed by atoms with Crippen LogP contribution in [-0.4, -0.2) is 12.1 Å². The molecule has 0 unspecified atom stereocenters. The summed E-state index contributed by atoms with van der Waals surface area (Å²) in [5.74, 6) is 0.878.